The second kappa shape index (κ2) is 3.44. The molecule has 1 rings (SSSR count). The molecule has 2 nitrogen and oxygen atoms in total. The molecule has 0 spiro atoms. The fourth-order valence-corrected chi connectivity index (χ4v) is 0.882. The van der Waals surface area contributed by atoms with Crippen molar-refractivity contribution in [3.8, 4) is 0 Å². The van der Waals surface area contributed by atoms with Crippen molar-refractivity contribution in [3.05, 3.63) is 29.3 Å². The van der Waals surface area contributed by atoms with E-state index in [1.807, 2.05) is 0 Å². The third-order valence-electron chi connectivity index (χ3n) is 1.50. The second-order valence-electron chi connectivity index (χ2n) is 2.46. The number of rotatable bonds is 2. The maximum atomic E-state index is 12.6. The first kappa shape index (κ1) is 8.14. The Bertz CT molecular complexity index is 248. The van der Waals surface area contributed by atoms with Crippen molar-refractivity contribution >= 4 is 0 Å². The molecule has 0 atom stereocenters. The predicted octanol–water partition coefficient (Wildman–Crippen LogP) is 1.03. The van der Waals surface area contributed by atoms with Crippen LogP contribution in [0.1, 0.15) is 11.3 Å². The number of halogens is 1. The SMILES string of the molecule is Cc1cc(CCN)ncc1F. The van der Waals surface area contributed by atoms with Crippen LogP contribution in [0.25, 0.3) is 0 Å². The zero-order valence-electron chi connectivity index (χ0n) is 6.47. The van der Waals surface area contributed by atoms with Gasteiger partial charge in [-0.15, -0.1) is 0 Å². The Labute approximate surface area is 65.3 Å². The summed E-state index contributed by atoms with van der Waals surface area (Å²) in [5, 5.41) is 0. The lowest BCUT2D eigenvalue weighted by atomic mass is 10.2. The molecule has 0 amide bonds. The Morgan fingerprint density at radius 1 is 1.64 bits per heavy atom. The molecular formula is C8H11FN2. The van der Waals surface area contributed by atoms with Crippen molar-refractivity contribution in [2.75, 3.05) is 6.54 Å². The molecule has 0 bridgehead atoms. The van der Waals surface area contributed by atoms with Crippen molar-refractivity contribution in [2.24, 2.45) is 5.73 Å². The zero-order valence-corrected chi connectivity index (χ0v) is 6.47. The van der Waals surface area contributed by atoms with Crippen LogP contribution >= 0.6 is 0 Å². The van der Waals surface area contributed by atoms with E-state index in [9.17, 15) is 4.39 Å². The second-order valence-corrected chi connectivity index (χ2v) is 2.46. The number of nitrogens with two attached hydrogens (primary N) is 1. The van der Waals surface area contributed by atoms with Crippen molar-refractivity contribution in [1.29, 1.82) is 0 Å². The van der Waals surface area contributed by atoms with Crippen molar-refractivity contribution in [2.45, 2.75) is 13.3 Å². The summed E-state index contributed by atoms with van der Waals surface area (Å²) in [5.74, 6) is -0.259. The maximum absolute atomic E-state index is 12.6. The average Bonchev–Trinajstić information content (AvgIpc) is 1.98. The molecule has 1 aromatic rings. The molecule has 0 radical (unpaired) electrons. The van der Waals surface area contributed by atoms with Crippen LogP contribution in [0, 0.1) is 12.7 Å². The normalized spacial score (nSPS) is 10.1. The fraction of sp³-hybridized carbons (Fsp3) is 0.375. The van der Waals surface area contributed by atoms with E-state index in [0.717, 1.165) is 5.69 Å². The molecule has 0 aliphatic carbocycles. The van der Waals surface area contributed by atoms with E-state index in [4.69, 9.17) is 5.73 Å². The third-order valence-corrected chi connectivity index (χ3v) is 1.50. The van der Waals surface area contributed by atoms with Crippen molar-refractivity contribution in [1.82, 2.24) is 4.98 Å². The van der Waals surface area contributed by atoms with Gasteiger partial charge in [-0.05, 0) is 25.1 Å². The minimum absolute atomic E-state index is 0.259. The topological polar surface area (TPSA) is 38.9 Å². The summed E-state index contributed by atoms with van der Waals surface area (Å²) in [5.41, 5.74) is 6.80. The Hall–Kier alpha value is -0.960. The standard InChI is InChI=1S/C8H11FN2/c1-6-4-7(2-3-10)11-5-8(6)9/h4-5H,2-3,10H2,1H3. The van der Waals surface area contributed by atoms with Crippen LogP contribution < -0.4 is 5.73 Å². The lowest BCUT2D eigenvalue weighted by Gasteiger charge is -1.99. The summed E-state index contributed by atoms with van der Waals surface area (Å²) < 4.78 is 12.6. The summed E-state index contributed by atoms with van der Waals surface area (Å²) in [4.78, 5) is 3.87. The van der Waals surface area contributed by atoms with Crippen LogP contribution in [-0.2, 0) is 6.42 Å². The first-order valence-corrected chi connectivity index (χ1v) is 3.55. The lowest BCUT2D eigenvalue weighted by Crippen LogP contribution is -2.04. The average molecular weight is 154 g/mol. The van der Waals surface area contributed by atoms with E-state index in [1.165, 1.54) is 6.20 Å². The van der Waals surface area contributed by atoms with E-state index < -0.39 is 0 Å². The molecule has 0 saturated heterocycles. The van der Waals surface area contributed by atoms with Crippen LogP contribution in [0.15, 0.2) is 12.3 Å². The van der Waals surface area contributed by atoms with Gasteiger partial charge in [0.1, 0.15) is 5.82 Å². The molecule has 11 heavy (non-hydrogen) atoms. The van der Waals surface area contributed by atoms with Gasteiger partial charge in [0.05, 0.1) is 6.20 Å². The van der Waals surface area contributed by atoms with Gasteiger partial charge in [0.15, 0.2) is 0 Å². The number of nitrogens with zero attached hydrogens (tertiary/aromatic N) is 1. The molecule has 0 aliphatic heterocycles. The van der Waals surface area contributed by atoms with Gasteiger partial charge in [0, 0.05) is 12.1 Å². The van der Waals surface area contributed by atoms with Gasteiger partial charge < -0.3 is 5.73 Å². The van der Waals surface area contributed by atoms with Gasteiger partial charge >= 0.3 is 0 Å². The molecule has 1 heterocycles. The highest BCUT2D eigenvalue weighted by Crippen LogP contribution is 2.05. The van der Waals surface area contributed by atoms with Gasteiger partial charge in [-0.3, -0.25) is 4.98 Å². The Morgan fingerprint density at radius 3 is 2.91 bits per heavy atom. The van der Waals surface area contributed by atoms with Gasteiger partial charge in [-0.2, -0.15) is 0 Å². The predicted molar refractivity (Wildman–Crippen MR) is 41.7 cm³/mol. The summed E-state index contributed by atoms with van der Waals surface area (Å²) in [6, 6.07) is 1.72. The minimum Gasteiger partial charge on any atom is -0.330 e. The summed E-state index contributed by atoms with van der Waals surface area (Å²) >= 11 is 0. The monoisotopic (exact) mass is 154 g/mol. The van der Waals surface area contributed by atoms with Gasteiger partial charge in [0.25, 0.3) is 0 Å². The molecule has 3 heteroatoms. The Balaban J connectivity index is 2.86. The minimum atomic E-state index is -0.259. The molecule has 0 saturated carbocycles. The quantitative estimate of drug-likeness (QED) is 0.691. The molecule has 0 aliphatic rings. The first-order chi connectivity index (χ1) is 5.24. The fourth-order valence-electron chi connectivity index (χ4n) is 0.882. The molecular weight excluding hydrogens is 143 g/mol. The molecule has 2 N–H and O–H groups in total. The maximum Gasteiger partial charge on any atom is 0.144 e. The summed E-state index contributed by atoms with van der Waals surface area (Å²) in [7, 11) is 0. The van der Waals surface area contributed by atoms with Crippen LogP contribution in [0.3, 0.4) is 0 Å². The molecule has 60 valence electrons. The van der Waals surface area contributed by atoms with E-state index in [-0.39, 0.29) is 5.82 Å². The lowest BCUT2D eigenvalue weighted by molar-refractivity contribution is 0.609. The molecule has 0 fully saturated rings. The van der Waals surface area contributed by atoms with Crippen LogP contribution in [0.5, 0.6) is 0 Å². The molecule has 0 aromatic carbocycles. The first-order valence-electron chi connectivity index (χ1n) is 3.55. The summed E-state index contributed by atoms with van der Waals surface area (Å²) in [6.07, 6.45) is 1.95. The van der Waals surface area contributed by atoms with Crippen LogP contribution in [0.4, 0.5) is 4.39 Å². The highest BCUT2D eigenvalue weighted by molar-refractivity contribution is 5.16. The smallest absolute Gasteiger partial charge is 0.144 e. The van der Waals surface area contributed by atoms with E-state index in [1.54, 1.807) is 13.0 Å². The van der Waals surface area contributed by atoms with Crippen molar-refractivity contribution in [3.63, 3.8) is 0 Å². The highest BCUT2D eigenvalue weighted by Gasteiger charge is 1.98. The molecule has 0 unspecified atom stereocenters. The number of hydrogen-bond donors (Lipinski definition) is 1. The van der Waals surface area contributed by atoms with Gasteiger partial charge in [-0.1, -0.05) is 0 Å². The van der Waals surface area contributed by atoms with Crippen molar-refractivity contribution < 1.29 is 4.39 Å². The number of pyridine rings is 1. The zero-order chi connectivity index (χ0) is 8.27. The summed E-state index contributed by atoms with van der Waals surface area (Å²) in [6.45, 7) is 2.27. The number of aryl methyl sites for hydroxylation is 1. The van der Waals surface area contributed by atoms with Crippen LogP contribution in [-0.4, -0.2) is 11.5 Å². The highest BCUT2D eigenvalue weighted by atomic mass is 19.1. The van der Waals surface area contributed by atoms with E-state index in [0.29, 0.717) is 18.5 Å². The van der Waals surface area contributed by atoms with E-state index in [2.05, 4.69) is 4.98 Å². The van der Waals surface area contributed by atoms with Gasteiger partial charge in [0.2, 0.25) is 0 Å². The Kier molecular flexibility index (Phi) is 2.54. The Morgan fingerprint density at radius 2 is 2.36 bits per heavy atom. The van der Waals surface area contributed by atoms with Crippen LogP contribution in [0.2, 0.25) is 0 Å². The number of aromatic nitrogens is 1. The molecule has 1 aromatic heterocycles. The largest absolute Gasteiger partial charge is 0.330 e. The van der Waals surface area contributed by atoms with Gasteiger partial charge in [-0.25, -0.2) is 4.39 Å². The third kappa shape index (κ3) is 1.98. The van der Waals surface area contributed by atoms with E-state index >= 15 is 0 Å². The number of hydrogen-bond acceptors (Lipinski definition) is 2.